The highest BCUT2D eigenvalue weighted by atomic mass is 32.2. The standard InChI is InChI=1S/C9H19NO3S/c1-7-3-9(5-10,4-8(7)2)6-14(11,12)13/h7-8H,3-6,10H2,1-2H3,(H,11,12,13)/t7-,8-/m1/s1. The smallest absolute Gasteiger partial charge is 0.265 e. The van der Waals surface area contributed by atoms with E-state index in [9.17, 15) is 8.42 Å². The molecule has 0 bridgehead atoms. The van der Waals surface area contributed by atoms with Gasteiger partial charge in [0.05, 0.1) is 5.75 Å². The number of hydrogen-bond acceptors (Lipinski definition) is 3. The van der Waals surface area contributed by atoms with Crippen LogP contribution in [0.5, 0.6) is 0 Å². The maximum atomic E-state index is 10.9. The Hall–Kier alpha value is -0.130. The molecular weight excluding hydrogens is 202 g/mol. The Morgan fingerprint density at radius 3 is 2.07 bits per heavy atom. The molecule has 3 N–H and O–H groups in total. The molecule has 14 heavy (non-hydrogen) atoms. The van der Waals surface area contributed by atoms with Gasteiger partial charge in [-0.15, -0.1) is 0 Å². The van der Waals surface area contributed by atoms with E-state index in [4.69, 9.17) is 10.3 Å². The maximum Gasteiger partial charge on any atom is 0.265 e. The summed E-state index contributed by atoms with van der Waals surface area (Å²) in [7, 11) is -3.90. The summed E-state index contributed by atoms with van der Waals surface area (Å²) in [6.45, 7) is 4.54. The molecule has 0 aromatic rings. The summed E-state index contributed by atoms with van der Waals surface area (Å²) in [6, 6.07) is 0. The molecule has 1 rings (SSSR count). The van der Waals surface area contributed by atoms with Crippen molar-refractivity contribution >= 4 is 10.1 Å². The summed E-state index contributed by atoms with van der Waals surface area (Å²) >= 11 is 0. The zero-order valence-corrected chi connectivity index (χ0v) is 9.55. The third-order valence-electron chi connectivity index (χ3n) is 3.40. The molecule has 1 aliphatic rings. The van der Waals surface area contributed by atoms with Crippen LogP contribution in [0.4, 0.5) is 0 Å². The van der Waals surface area contributed by atoms with Crippen molar-refractivity contribution in [1.29, 1.82) is 0 Å². The van der Waals surface area contributed by atoms with Crippen molar-refractivity contribution < 1.29 is 13.0 Å². The fourth-order valence-electron chi connectivity index (χ4n) is 2.58. The molecule has 0 spiro atoms. The third kappa shape index (κ3) is 2.68. The highest BCUT2D eigenvalue weighted by molar-refractivity contribution is 7.85. The molecule has 0 aromatic carbocycles. The number of nitrogens with two attached hydrogens (primary N) is 1. The Morgan fingerprint density at radius 2 is 1.79 bits per heavy atom. The second kappa shape index (κ2) is 3.79. The Bertz CT molecular complexity index is 289. The van der Waals surface area contributed by atoms with Gasteiger partial charge in [-0.05, 0) is 36.6 Å². The molecule has 0 aliphatic heterocycles. The fraction of sp³-hybridized carbons (Fsp3) is 1.00. The third-order valence-corrected chi connectivity index (χ3v) is 4.38. The van der Waals surface area contributed by atoms with Gasteiger partial charge in [0.25, 0.3) is 10.1 Å². The molecule has 0 heterocycles. The zero-order valence-electron chi connectivity index (χ0n) is 8.73. The predicted octanol–water partition coefficient (Wildman–Crippen LogP) is 0.885. The first kappa shape index (κ1) is 11.9. The molecule has 4 nitrogen and oxygen atoms in total. The van der Waals surface area contributed by atoms with Gasteiger partial charge < -0.3 is 5.73 Å². The summed E-state index contributed by atoms with van der Waals surface area (Å²) in [5.41, 5.74) is 5.23. The van der Waals surface area contributed by atoms with Crippen molar-refractivity contribution in [2.75, 3.05) is 12.3 Å². The zero-order chi connectivity index (χ0) is 11.0. The van der Waals surface area contributed by atoms with Crippen LogP contribution in [0.1, 0.15) is 26.7 Å². The van der Waals surface area contributed by atoms with E-state index in [1.165, 1.54) is 0 Å². The van der Waals surface area contributed by atoms with Crippen LogP contribution in [-0.4, -0.2) is 25.3 Å². The van der Waals surface area contributed by atoms with Gasteiger partial charge in [0.2, 0.25) is 0 Å². The van der Waals surface area contributed by atoms with Crippen molar-refractivity contribution in [1.82, 2.24) is 0 Å². The first-order valence-corrected chi connectivity index (χ1v) is 6.54. The van der Waals surface area contributed by atoms with E-state index in [0.29, 0.717) is 18.4 Å². The lowest BCUT2D eigenvalue weighted by atomic mass is 9.87. The van der Waals surface area contributed by atoms with Crippen molar-refractivity contribution in [3.63, 3.8) is 0 Å². The first-order chi connectivity index (χ1) is 6.28. The Balaban J connectivity index is 2.80. The van der Waals surface area contributed by atoms with Gasteiger partial charge in [-0.1, -0.05) is 13.8 Å². The van der Waals surface area contributed by atoms with Crippen LogP contribution < -0.4 is 5.73 Å². The maximum absolute atomic E-state index is 10.9. The molecule has 1 aliphatic carbocycles. The van der Waals surface area contributed by atoms with Crippen LogP contribution in [0.3, 0.4) is 0 Å². The molecule has 0 amide bonds. The average Bonchev–Trinajstić information content (AvgIpc) is 2.25. The molecule has 84 valence electrons. The summed E-state index contributed by atoms with van der Waals surface area (Å²) in [4.78, 5) is 0. The van der Waals surface area contributed by atoms with Crippen LogP contribution in [0.25, 0.3) is 0 Å². The van der Waals surface area contributed by atoms with E-state index in [2.05, 4.69) is 13.8 Å². The van der Waals surface area contributed by atoms with Gasteiger partial charge >= 0.3 is 0 Å². The van der Waals surface area contributed by atoms with E-state index >= 15 is 0 Å². The van der Waals surface area contributed by atoms with Crippen molar-refractivity contribution in [2.24, 2.45) is 23.0 Å². The molecule has 1 fully saturated rings. The van der Waals surface area contributed by atoms with Crippen LogP contribution in [0.15, 0.2) is 0 Å². The number of hydrogen-bond donors (Lipinski definition) is 2. The van der Waals surface area contributed by atoms with Crippen molar-refractivity contribution in [2.45, 2.75) is 26.7 Å². The fourth-order valence-corrected chi connectivity index (χ4v) is 3.71. The molecule has 5 heteroatoms. The second-order valence-corrected chi connectivity index (χ2v) is 6.25. The van der Waals surface area contributed by atoms with Crippen LogP contribution >= 0.6 is 0 Å². The minimum absolute atomic E-state index is 0.189. The highest BCUT2D eigenvalue weighted by Gasteiger charge is 2.43. The number of rotatable bonds is 3. The van der Waals surface area contributed by atoms with Crippen LogP contribution in [0, 0.1) is 17.3 Å². The summed E-state index contributed by atoms with van der Waals surface area (Å²) in [5.74, 6) is 0.783. The van der Waals surface area contributed by atoms with Gasteiger partial charge in [0.1, 0.15) is 0 Å². The lowest BCUT2D eigenvalue weighted by Gasteiger charge is -2.25. The van der Waals surface area contributed by atoms with E-state index in [0.717, 1.165) is 12.8 Å². The molecular formula is C9H19NO3S. The predicted molar refractivity (Wildman–Crippen MR) is 55.5 cm³/mol. The van der Waals surface area contributed by atoms with Crippen molar-refractivity contribution in [3.05, 3.63) is 0 Å². The minimum Gasteiger partial charge on any atom is -0.330 e. The summed E-state index contributed by atoms with van der Waals surface area (Å²) in [6.07, 6.45) is 1.59. The average molecular weight is 221 g/mol. The highest BCUT2D eigenvalue weighted by Crippen LogP contribution is 2.45. The van der Waals surface area contributed by atoms with E-state index in [1.807, 2.05) is 0 Å². The van der Waals surface area contributed by atoms with Gasteiger partial charge in [-0.25, -0.2) is 0 Å². The Labute approximate surface area is 85.6 Å². The summed E-state index contributed by atoms with van der Waals surface area (Å²) < 4.78 is 30.6. The van der Waals surface area contributed by atoms with Crippen molar-refractivity contribution in [3.8, 4) is 0 Å². The van der Waals surface area contributed by atoms with E-state index in [-0.39, 0.29) is 5.75 Å². The molecule has 0 unspecified atom stereocenters. The Kier molecular flexibility index (Phi) is 3.23. The van der Waals surface area contributed by atoms with E-state index < -0.39 is 15.5 Å². The molecule has 0 aromatic heterocycles. The second-order valence-electron chi connectivity index (χ2n) is 4.79. The minimum atomic E-state index is -3.90. The summed E-state index contributed by atoms with van der Waals surface area (Å²) in [5, 5.41) is 0. The quantitative estimate of drug-likeness (QED) is 0.693. The van der Waals surface area contributed by atoms with Gasteiger partial charge in [-0.3, -0.25) is 4.55 Å². The van der Waals surface area contributed by atoms with Crippen LogP contribution in [-0.2, 0) is 10.1 Å². The molecule has 1 saturated carbocycles. The molecule has 0 radical (unpaired) electrons. The topological polar surface area (TPSA) is 80.4 Å². The first-order valence-electron chi connectivity index (χ1n) is 4.93. The normalized spacial score (nSPS) is 32.0. The lowest BCUT2D eigenvalue weighted by molar-refractivity contribution is 0.324. The van der Waals surface area contributed by atoms with Gasteiger partial charge in [0.15, 0.2) is 0 Å². The monoisotopic (exact) mass is 221 g/mol. The van der Waals surface area contributed by atoms with Gasteiger partial charge in [-0.2, -0.15) is 8.42 Å². The molecule has 2 atom stereocenters. The SMILES string of the molecule is C[C@@H]1CC(CN)(CS(=O)(=O)O)C[C@H]1C. The Morgan fingerprint density at radius 1 is 1.36 bits per heavy atom. The van der Waals surface area contributed by atoms with Crippen LogP contribution in [0.2, 0.25) is 0 Å². The van der Waals surface area contributed by atoms with E-state index in [1.54, 1.807) is 0 Å². The lowest BCUT2D eigenvalue weighted by Crippen LogP contribution is -2.35. The van der Waals surface area contributed by atoms with Gasteiger partial charge in [0, 0.05) is 0 Å². The molecule has 0 saturated heterocycles. The largest absolute Gasteiger partial charge is 0.330 e.